The number of carbonyl (C=O) groups excluding carboxylic acids is 1. The van der Waals surface area contributed by atoms with Crippen LogP contribution < -0.4 is 10.2 Å². The predicted molar refractivity (Wildman–Crippen MR) is 132 cm³/mol. The van der Waals surface area contributed by atoms with E-state index >= 15 is 0 Å². The maximum absolute atomic E-state index is 12.2. The van der Waals surface area contributed by atoms with E-state index in [1.807, 2.05) is 41.3 Å². The number of rotatable bonds is 14. The summed E-state index contributed by atoms with van der Waals surface area (Å²) in [6.45, 7) is 11.8. The largest absolute Gasteiger partial charge is 0.352 e. The summed E-state index contributed by atoms with van der Waals surface area (Å²) in [4.78, 5) is 23.2. The van der Waals surface area contributed by atoms with Crippen molar-refractivity contribution in [1.29, 1.82) is 0 Å². The third kappa shape index (κ3) is 8.75. The van der Waals surface area contributed by atoms with Crippen LogP contribution in [0.5, 0.6) is 0 Å². The zero-order valence-corrected chi connectivity index (χ0v) is 19.7. The molecule has 0 aliphatic carbocycles. The lowest BCUT2D eigenvalue weighted by Gasteiger charge is -2.20. The number of unbranched alkanes of at least 4 members (excludes halogenated alkanes) is 3. The first-order valence-corrected chi connectivity index (χ1v) is 11.9. The quantitative estimate of drug-likeness (QED) is 0.125. The number of amides is 1. The summed E-state index contributed by atoms with van der Waals surface area (Å²) in [5, 5.41) is 3.99. The number of anilines is 1. The lowest BCUT2D eigenvalue weighted by Crippen LogP contribution is -2.24. The van der Waals surface area contributed by atoms with Crippen LogP contribution in [-0.2, 0) is 5.75 Å². The smallest absolute Gasteiger partial charge is 0.251 e. The molecule has 0 spiro atoms. The van der Waals surface area contributed by atoms with Crippen LogP contribution in [0.25, 0.3) is 0 Å². The summed E-state index contributed by atoms with van der Waals surface area (Å²) >= 11 is 7.72. The van der Waals surface area contributed by atoms with Gasteiger partial charge in [-0.1, -0.05) is 73.8 Å². The Bertz CT molecular complexity index is 847. The molecule has 7 heteroatoms. The fourth-order valence-electron chi connectivity index (χ4n) is 2.94. The number of hydrogen-bond donors (Lipinski definition) is 1. The molecule has 1 N–H and O–H groups in total. The first-order valence-electron chi connectivity index (χ1n) is 10.6. The van der Waals surface area contributed by atoms with Gasteiger partial charge in [-0.2, -0.15) is 0 Å². The van der Waals surface area contributed by atoms with Crippen molar-refractivity contribution in [3.63, 3.8) is 0 Å². The van der Waals surface area contributed by atoms with Crippen molar-refractivity contribution in [3.8, 4) is 0 Å². The summed E-state index contributed by atoms with van der Waals surface area (Å²) in [5.41, 5.74) is 1.76. The van der Waals surface area contributed by atoms with E-state index in [2.05, 4.69) is 35.4 Å². The highest BCUT2D eigenvalue weighted by Gasteiger charge is 2.10. The third-order valence-electron chi connectivity index (χ3n) is 4.58. The molecule has 2 aromatic rings. The molecule has 1 aromatic carbocycles. The number of benzene rings is 1. The summed E-state index contributed by atoms with van der Waals surface area (Å²) in [7, 11) is 0. The lowest BCUT2D eigenvalue weighted by molar-refractivity contribution is 0.0953. The Hall–Kier alpha value is -2.31. The molecular formula is C24H31ClN4OS. The summed E-state index contributed by atoms with van der Waals surface area (Å²) in [6, 6.07) is 9.39. The van der Waals surface area contributed by atoms with Crippen LogP contribution in [-0.4, -0.2) is 35.5 Å². The first kappa shape index (κ1) is 25.0. The Morgan fingerprint density at radius 3 is 2.48 bits per heavy atom. The van der Waals surface area contributed by atoms with Gasteiger partial charge in [0, 0.05) is 37.0 Å². The molecule has 1 amide bonds. The Labute approximate surface area is 195 Å². The van der Waals surface area contributed by atoms with Gasteiger partial charge in [-0.25, -0.2) is 9.97 Å². The molecule has 0 fully saturated rings. The van der Waals surface area contributed by atoms with Gasteiger partial charge in [0.2, 0.25) is 0 Å². The van der Waals surface area contributed by atoms with Crippen LogP contribution in [0.3, 0.4) is 0 Å². The molecule has 0 unspecified atom stereocenters. The average molecular weight is 459 g/mol. The van der Waals surface area contributed by atoms with Crippen LogP contribution in [0.4, 0.5) is 5.82 Å². The van der Waals surface area contributed by atoms with E-state index in [0.717, 1.165) is 30.8 Å². The van der Waals surface area contributed by atoms with E-state index in [0.29, 0.717) is 34.7 Å². The molecule has 0 saturated heterocycles. The van der Waals surface area contributed by atoms with E-state index in [9.17, 15) is 4.79 Å². The van der Waals surface area contributed by atoms with Gasteiger partial charge < -0.3 is 10.2 Å². The van der Waals surface area contributed by atoms with E-state index in [4.69, 9.17) is 11.6 Å². The van der Waals surface area contributed by atoms with E-state index in [1.54, 1.807) is 6.07 Å². The Kier molecular flexibility index (Phi) is 11.2. The number of thioether (sulfide) groups is 1. The minimum atomic E-state index is -0.0250. The molecule has 0 atom stereocenters. The lowest BCUT2D eigenvalue weighted by atomic mass is 10.1. The molecule has 31 heavy (non-hydrogen) atoms. The van der Waals surface area contributed by atoms with Crippen LogP contribution in [0.1, 0.15) is 48.5 Å². The van der Waals surface area contributed by atoms with Crippen molar-refractivity contribution >= 4 is 35.1 Å². The standard InChI is InChI=1S/C24H31ClN4OS/c1-4-7-8-9-14-26-23(30)20-12-10-19(11-13-20)18-31-24-27-21(25)17-22(28-24)29(15-5-2)16-6-3/h5-6,10-13,17H,2-4,7-9,14-16,18H2,1H3,(H,26,30). The number of aromatic nitrogens is 2. The third-order valence-corrected chi connectivity index (χ3v) is 5.70. The van der Waals surface area contributed by atoms with Gasteiger partial charge in [-0.05, 0) is 24.1 Å². The van der Waals surface area contributed by atoms with Gasteiger partial charge in [-0.3, -0.25) is 4.79 Å². The van der Waals surface area contributed by atoms with Crippen molar-refractivity contribution in [1.82, 2.24) is 15.3 Å². The Morgan fingerprint density at radius 2 is 1.84 bits per heavy atom. The Balaban J connectivity index is 1.93. The van der Waals surface area contributed by atoms with E-state index in [1.165, 1.54) is 24.6 Å². The van der Waals surface area contributed by atoms with Gasteiger partial charge >= 0.3 is 0 Å². The maximum Gasteiger partial charge on any atom is 0.251 e. The zero-order valence-electron chi connectivity index (χ0n) is 18.1. The zero-order chi connectivity index (χ0) is 22.5. The second-order valence-corrected chi connectivity index (χ2v) is 8.45. The predicted octanol–water partition coefficient (Wildman–Crippen LogP) is 5.91. The van der Waals surface area contributed by atoms with E-state index < -0.39 is 0 Å². The minimum Gasteiger partial charge on any atom is -0.352 e. The highest BCUT2D eigenvalue weighted by atomic mass is 35.5. The van der Waals surface area contributed by atoms with E-state index in [-0.39, 0.29) is 5.91 Å². The highest BCUT2D eigenvalue weighted by Crippen LogP contribution is 2.25. The van der Waals surface area contributed by atoms with Gasteiger partial charge in [0.15, 0.2) is 5.16 Å². The molecule has 0 aliphatic rings. The molecule has 1 heterocycles. The monoisotopic (exact) mass is 458 g/mol. The Morgan fingerprint density at radius 1 is 1.13 bits per heavy atom. The summed E-state index contributed by atoms with van der Waals surface area (Å²) in [5.74, 6) is 1.40. The van der Waals surface area contributed by atoms with Crippen molar-refractivity contribution in [2.45, 2.75) is 43.5 Å². The fourth-order valence-corrected chi connectivity index (χ4v) is 3.98. The minimum absolute atomic E-state index is 0.0250. The molecule has 5 nitrogen and oxygen atoms in total. The second-order valence-electron chi connectivity index (χ2n) is 7.12. The van der Waals surface area contributed by atoms with Gasteiger partial charge in [-0.15, -0.1) is 13.2 Å². The molecular weight excluding hydrogens is 428 g/mol. The van der Waals surface area contributed by atoms with Crippen LogP contribution in [0.2, 0.25) is 5.15 Å². The molecule has 2 rings (SSSR count). The van der Waals surface area contributed by atoms with Gasteiger partial charge in [0.05, 0.1) is 0 Å². The summed E-state index contributed by atoms with van der Waals surface area (Å²) in [6.07, 6.45) is 8.20. The van der Waals surface area contributed by atoms with Crippen molar-refractivity contribution < 1.29 is 4.79 Å². The van der Waals surface area contributed by atoms with Crippen molar-refractivity contribution in [2.75, 3.05) is 24.5 Å². The normalized spacial score (nSPS) is 10.5. The van der Waals surface area contributed by atoms with Crippen molar-refractivity contribution in [2.24, 2.45) is 0 Å². The molecule has 0 saturated carbocycles. The fraction of sp³-hybridized carbons (Fsp3) is 0.375. The van der Waals surface area contributed by atoms with Crippen molar-refractivity contribution in [3.05, 3.63) is 71.9 Å². The second kappa shape index (κ2) is 13.9. The van der Waals surface area contributed by atoms with Crippen LogP contribution in [0.15, 0.2) is 60.8 Å². The number of nitrogens with one attached hydrogen (secondary N) is 1. The first-order chi connectivity index (χ1) is 15.1. The number of halogens is 1. The molecule has 166 valence electrons. The molecule has 1 aromatic heterocycles. The SMILES string of the molecule is C=CCN(CC=C)c1cc(Cl)nc(SCc2ccc(C(=O)NCCCCCC)cc2)n1. The molecule has 0 radical (unpaired) electrons. The topological polar surface area (TPSA) is 58.1 Å². The van der Waals surface area contributed by atoms with Crippen LogP contribution >= 0.6 is 23.4 Å². The van der Waals surface area contributed by atoms with Crippen LogP contribution in [0, 0.1) is 0 Å². The number of hydrogen-bond acceptors (Lipinski definition) is 5. The van der Waals surface area contributed by atoms with Gasteiger partial charge in [0.1, 0.15) is 11.0 Å². The average Bonchev–Trinajstić information content (AvgIpc) is 2.77. The highest BCUT2D eigenvalue weighted by molar-refractivity contribution is 7.98. The molecule has 0 aliphatic heterocycles. The maximum atomic E-state index is 12.2. The summed E-state index contributed by atoms with van der Waals surface area (Å²) < 4.78 is 0. The van der Waals surface area contributed by atoms with Gasteiger partial charge in [0.25, 0.3) is 5.91 Å². The molecule has 0 bridgehead atoms. The number of nitrogens with zero attached hydrogens (tertiary/aromatic N) is 3. The number of carbonyl (C=O) groups is 1.